The fourth-order valence-electron chi connectivity index (χ4n) is 2.66. The van der Waals surface area contributed by atoms with Crippen molar-refractivity contribution in [1.82, 2.24) is 10.2 Å². The smallest absolute Gasteiger partial charge is 0.332 e. The second-order valence-electron chi connectivity index (χ2n) is 5.39. The first-order valence-corrected chi connectivity index (χ1v) is 8.41. The number of carboxylic acids is 1. The van der Waals surface area contributed by atoms with Crippen LogP contribution in [0.2, 0.25) is 0 Å². The average molecular weight is 368 g/mol. The molecule has 0 radical (unpaired) electrons. The zero-order valence-corrected chi connectivity index (χ0v) is 13.8. The fraction of sp³-hybridized carbons (Fsp3) is 0.267. The van der Waals surface area contributed by atoms with Gasteiger partial charge in [-0.3, -0.25) is 9.59 Å². The number of rotatable bonds is 4. The van der Waals surface area contributed by atoms with E-state index in [4.69, 9.17) is 17.3 Å². The Balaban J connectivity index is 1.71. The molecular weight excluding hydrogens is 354 g/mol. The Morgan fingerprint density at radius 2 is 2.00 bits per heavy atom. The molecule has 126 valence electrons. The molecular formula is C15H14ClN3O4S. The van der Waals surface area contributed by atoms with Crippen molar-refractivity contribution >= 4 is 41.1 Å². The van der Waals surface area contributed by atoms with Gasteiger partial charge in [0.15, 0.2) is 6.04 Å². The summed E-state index contributed by atoms with van der Waals surface area (Å²) in [5, 5.41) is 12.9. The van der Waals surface area contributed by atoms with Crippen molar-refractivity contribution < 1.29 is 19.5 Å². The summed E-state index contributed by atoms with van der Waals surface area (Å²) in [6, 6.07) is 5.84. The molecule has 2 aliphatic rings. The number of fused-ring (bicyclic) bond motifs is 1. The first kappa shape index (κ1) is 16.8. The van der Waals surface area contributed by atoms with Crippen molar-refractivity contribution in [1.29, 1.82) is 0 Å². The van der Waals surface area contributed by atoms with Gasteiger partial charge in [0.25, 0.3) is 0 Å². The maximum Gasteiger partial charge on any atom is 0.332 e. The minimum Gasteiger partial charge on any atom is -0.479 e. The van der Waals surface area contributed by atoms with Gasteiger partial charge in [-0.05, 0) is 11.0 Å². The summed E-state index contributed by atoms with van der Waals surface area (Å²) in [5.74, 6) is -2.19. The highest BCUT2D eigenvalue weighted by atomic mass is 35.5. The molecule has 2 unspecified atom stereocenters. The predicted molar refractivity (Wildman–Crippen MR) is 88.9 cm³/mol. The van der Waals surface area contributed by atoms with Crippen molar-refractivity contribution in [3.8, 4) is 0 Å². The molecule has 1 aromatic carbocycles. The molecule has 7 nitrogen and oxygen atoms in total. The molecule has 0 bridgehead atoms. The van der Waals surface area contributed by atoms with Crippen LogP contribution in [0.1, 0.15) is 11.6 Å². The molecule has 0 spiro atoms. The van der Waals surface area contributed by atoms with Gasteiger partial charge in [0.2, 0.25) is 11.8 Å². The minimum atomic E-state index is -1.21. The molecule has 0 aliphatic carbocycles. The number of amides is 2. The molecule has 1 fully saturated rings. The Morgan fingerprint density at radius 3 is 2.62 bits per heavy atom. The number of benzene rings is 1. The van der Waals surface area contributed by atoms with Gasteiger partial charge < -0.3 is 21.1 Å². The van der Waals surface area contributed by atoms with Gasteiger partial charge in [0, 0.05) is 0 Å². The lowest BCUT2D eigenvalue weighted by Crippen LogP contribution is -2.74. The lowest BCUT2D eigenvalue weighted by atomic mass is 10.0. The Hall–Kier alpha value is -2.03. The maximum absolute atomic E-state index is 12.3. The van der Waals surface area contributed by atoms with Gasteiger partial charge in [0.05, 0.1) is 5.03 Å². The van der Waals surface area contributed by atoms with Crippen molar-refractivity contribution in [2.75, 3.05) is 0 Å². The van der Waals surface area contributed by atoms with Crippen LogP contribution in [0.15, 0.2) is 40.8 Å². The van der Waals surface area contributed by atoms with E-state index in [1.165, 1.54) is 17.2 Å². The zero-order chi connectivity index (χ0) is 17.4. The van der Waals surface area contributed by atoms with E-state index in [0.717, 1.165) is 4.90 Å². The number of halogens is 1. The van der Waals surface area contributed by atoms with Crippen LogP contribution in [0.4, 0.5) is 0 Å². The van der Waals surface area contributed by atoms with Crippen LogP contribution in [0.3, 0.4) is 0 Å². The number of hydrogen-bond donors (Lipinski definition) is 3. The molecule has 0 aromatic heterocycles. The van der Waals surface area contributed by atoms with Gasteiger partial charge in [0.1, 0.15) is 17.5 Å². The lowest BCUT2D eigenvalue weighted by Gasteiger charge is -2.50. The molecule has 9 heteroatoms. The van der Waals surface area contributed by atoms with E-state index >= 15 is 0 Å². The Bertz CT molecular complexity index is 727. The van der Waals surface area contributed by atoms with Crippen LogP contribution in [-0.2, 0) is 14.4 Å². The maximum atomic E-state index is 12.3. The number of nitrogens with zero attached hydrogens (tertiary/aromatic N) is 1. The molecule has 4 atom stereocenters. The molecule has 2 amide bonds. The summed E-state index contributed by atoms with van der Waals surface area (Å²) >= 11 is 7.08. The third kappa shape index (κ3) is 2.77. The van der Waals surface area contributed by atoms with Gasteiger partial charge >= 0.3 is 5.97 Å². The first-order chi connectivity index (χ1) is 11.4. The van der Waals surface area contributed by atoms with E-state index in [1.807, 2.05) is 6.07 Å². The number of nitrogens with two attached hydrogens (primary N) is 1. The number of aliphatic carboxylic acids is 1. The number of carbonyl (C=O) groups is 3. The molecule has 1 saturated heterocycles. The predicted octanol–water partition coefficient (Wildman–Crippen LogP) is 0.620. The highest BCUT2D eigenvalue weighted by molar-refractivity contribution is 8.03. The van der Waals surface area contributed by atoms with Gasteiger partial charge in [-0.1, -0.05) is 41.9 Å². The molecule has 0 saturated carbocycles. The topological polar surface area (TPSA) is 113 Å². The summed E-state index contributed by atoms with van der Waals surface area (Å²) in [6.07, 6.45) is 0. The zero-order valence-electron chi connectivity index (χ0n) is 12.3. The normalized spacial score (nSPS) is 26.8. The van der Waals surface area contributed by atoms with Crippen molar-refractivity contribution in [3.63, 3.8) is 0 Å². The molecule has 2 aliphatic heterocycles. The molecule has 4 N–H and O–H groups in total. The van der Waals surface area contributed by atoms with Crippen LogP contribution in [0.5, 0.6) is 0 Å². The summed E-state index contributed by atoms with van der Waals surface area (Å²) in [5.41, 5.74) is 6.53. The first-order valence-electron chi connectivity index (χ1n) is 7.08. The largest absolute Gasteiger partial charge is 0.479 e. The molecule has 3 rings (SSSR count). The van der Waals surface area contributed by atoms with E-state index < -0.39 is 41.3 Å². The quantitative estimate of drug-likeness (QED) is 0.672. The molecule has 1 aromatic rings. The van der Waals surface area contributed by atoms with Crippen LogP contribution in [-0.4, -0.2) is 45.2 Å². The van der Waals surface area contributed by atoms with E-state index in [-0.39, 0.29) is 5.03 Å². The number of hydrogen-bond acceptors (Lipinski definition) is 5. The van der Waals surface area contributed by atoms with Crippen LogP contribution < -0.4 is 11.1 Å². The van der Waals surface area contributed by atoms with E-state index in [2.05, 4.69) is 5.32 Å². The standard InChI is InChI=1S/C15H14ClN3O4S/c16-8-6-24-14-10(13(21)19(14)11(8)15(22)23)18-12(20)9(17)7-4-2-1-3-5-7/h1-6,9-11,14H,17H2,(H,18,20)(H,22,23)/t9-,10?,11?,14-/m1/s1. The van der Waals surface area contributed by atoms with E-state index in [1.54, 1.807) is 24.3 Å². The Kier molecular flexibility index (Phi) is 4.53. The Morgan fingerprint density at radius 1 is 1.33 bits per heavy atom. The van der Waals surface area contributed by atoms with Gasteiger partial charge in [-0.2, -0.15) is 0 Å². The minimum absolute atomic E-state index is 0.0721. The number of β-lactam (4-membered cyclic amide) rings is 1. The van der Waals surface area contributed by atoms with E-state index in [9.17, 15) is 19.5 Å². The van der Waals surface area contributed by atoms with E-state index in [0.29, 0.717) is 5.56 Å². The monoisotopic (exact) mass is 367 g/mol. The summed E-state index contributed by atoms with van der Waals surface area (Å²) in [6.45, 7) is 0. The highest BCUT2D eigenvalue weighted by Gasteiger charge is 2.55. The number of nitrogens with one attached hydrogen (secondary N) is 1. The van der Waals surface area contributed by atoms with Crippen LogP contribution in [0, 0.1) is 0 Å². The van der Waals surface area contributed by atoms with Gasteiger partial charge in [-0.15, -0.1) is 11.8 Å². The SMILES string of the molecule is N[C@@H](C(=O)NC1C(=O)N2C(C(=O)O)C(Cl)=CS[C@H]12)c1ccccc1. The fourth-order valence-corrected chi connectivity index (χ4v) is 4.11. The average Bonchev–Trinajstić information content (AvgIpc) is 2.59. The third-order valence-electron chi connectivity index (χ3n) is 3.91. The van der Waals surface area contributed by atoms with Gasteiger partial charge in [-0.25, -0.2) is 4.79 Å². The van der Waals surface area contributed by atoms with Crippen LogP contribution in [0.25, 0.3) is 0 Å². The van der Waals surface area contributed by atoms with Crippen molar-refractivity contribution in [3.05, 3.63) is 46.3 Å². The second-order valence-corrected chi connectivity index (χ2v) is 6.82. The highest BCUT2D eigenvalue weighted by Crippen LogP contribution is 2.41. The summed E-state index contributed by atoms with van der Waals surface area (Å²) in [7, 11) is 0. The summed E-state index contributed by atoms with van der Waals surface area (Å²) < 4.78 is 0. The Labute approximate surface area is 146 Å². The summed E-state index contributed by atoms with van der Waals surface area (Å²) in [4.78, 5) is 37.0. The lowest BCUT2D eigenvalue weighted by molar-refractivity contribution is -0.159. The third-order valence-corrected chi connectivity index (χ3v) is 5.53. The number of carboxylic acid groups (broad SMARTS) is 1. The molecule has 24 heavy (non-hydrogen) atoms. The van der Waals surface area contributed by atoms with Crippen LogP contribution >= 0.6 is 23.4 Å². The molecule has 2 heterocycles. The van der Waals surface area contributed by atoms with Crippen molar-refractivity contribution in [2.45, 2.75) is 23.5 Å². The number of thioether (sulfide) groups is 1. The second kappa shape index (κ2) is 6.46. The van der Waals surface area contributed by atoms with Crippen molar-refractivity contribution in [2.24, 2.45) is 5.73 Å². The number of carbonyl (C=O) groups excluding carboxylic acids is 2.